The van der Waals surface area contributed by atoms with Gasteiger partial charge in [0.2, 0.25) is 5.91 Å². The number of hydrogen-bond donors (Lipinski definition) is 1. The highest BCUT2D eigenvalue weighted by atomic mass is 35.5. The molecule has 0 aliphatic rings. The summed E-state index contributed by atoms with van der Waals surface area (Å²) in [5.41, 5.74) is 6.46. The van der Waals surface area contributed by atoms with Gasteiger partial charge in [-0.25, -0.2) is 0 Å². The van der Waals surface area contributed by atoms with Crippen molar-refractivity contribution in [2.24, 2.45) is 0 Å². The number of nitrogen functional groups attached to an aromatic ring is 1. The van der Waals surface area contributed by atoms with Crippen molar-refractivity contribution in [3.63, 3.8) is 0 Å². The zero-order chi connectivity index (χ0) is 12.3. The first-order valence-corrected chi connectivity index (χ1v) is 6.10. The molecule has 1 unspecified atom stereocenters. The summed E-state index contributed by atoms with van der Waals surface area (Å²) in [6.07, 6.45) is 0. The molecule has 0 aliphatic heterocycles. The van der Waals surface area contributed by atoms with E-state index in [-0.39, 0.29) is 11.2 Å². The molecule has 1 amide bonds. The van der Waals surface area contributed by atoms with E-state index in [4.69, 9.17) is 17.3 Å². The van der Waals surface area contributed by atoms with E-state index in [0.717, 1.165) is 4.90 Å². The molecule has 0 aliphatic carbocycles. The summed E-state index contributed by atoms with van der Waals surface area (Å²) in [7, 11) is 3.47. The van der Waals surface area contributed by atoms with Gasteiger partial charge in [0, 0.05) is 29.7 Å². The second-order valence-electron chi connectivity index (χ2n) is 3.67. The molecular formula is C11H15ClN2OS. The van der Waals surface area contributed by atoms with Crippen molar-refractivity contribution in [3.05, 3.63) is 23.2 Å². The van der Waals surface area contributed by atoms with E-state index in [1.54, 1.807) is 37.2 Å². The fraction of sp³-hybridized carbons (Fsp3) is 0.364. The van der Waals surface area contributed by atoms with Crippen LogP contribution in [0.3, 0.4) is 0 Å². The highest BCUT2D eigenvalue weighted by molar-refractivity contribution is 8.00. The largest absolute Gasteiger partial charge is 0.398 e. The molecule has 1 aromatic carbocycles. The zero-order valence-corrected chi connectivity index (χ0v) is 11.1. The van der Waals surface area contributed by atoms with Crippen molar-refractivity contribution in [1.82, 2.24) is 4.90 Å². The van der Waals surface area contributed by atoms with Crippen LogP contribution >= 0.6 is 23.4 Å². The monoisotopic (exact) mass is 258 g/mol. The molecule has 1 aromatic rings. The Morgan fingerprint density at radius 3 is 2.69 bits per heavy atom. The van der Waals surface area contributed by atoms with Crippen LogP contribution in [0, 0.1) is 0 Å². The minimum absolute atomic E-state index is 0.0596. The van der Waals surface area contributed by atoms with Crippen molar-refractivity contribution in [3.8, 4) is 0 Å². The molecule has 1 atom stereocenters. The van der Waals surface area contributed by atoms with Gasteiger partial charge >= 0.3 is 0 Å². The number of hydrogen-bond acceptors (Lipinski definition) is 3. The van der Waals surface area contributed by atoms with Gasteiger partial charge in [-0.05, 0) is 25.1 Å². The van der Waals surface area contributed by atoms with Crippen LogP contribution in [0.4, 0.5) is 5.69 Å². The number of nitrogens with zero attached hydrogens (tertiary/aromatic N) is 1. The van der Waals surface area contributed by atoms with E-state index in [1.165, 1.54) is 11.8 Å². The maximum atomic E-state index is 11.7. The summed E-state index contributed by atoms with van der Waals surface area (Å²) in [4.78, 5) is 14.1. The molecule has 5 heteroatoms. The Morgan fingerprint density at radius 2 is 2.12 bits per heavy atom. The summed E-state index contributed by atoms with van der Waals surface area (Å²) >= 11 is 7.30. The lowest BCUT2D eigenvalue weighted by molar-refractivity contribution is -0.127. The maximum Gasteiger partial charge on any atom is 0.235 e. The van der Waals surface area contributed by atoms with Crippen LogP contribution in [0.15, 0.2) is 23.1 Å². The Morgan fingerprint density at radius 1 is 1.50 bits per heavy atom. The van der Waals surface area contributed by atoms with Crippen LogP contribution in [0.5, 0.6) is 0 Å². The normalized spacial score (nSPS) is 12.2. The van der Waals surface area contributed by atoms with E-state index in [1.807, 2.05) is 6.92 Å². The van der Waals surface area contributed by atoms with Gasteiger partial charge in [-0.15, -0.1) is 11.8 Å². The van der Waals surface area contributed by atoms with Crippen LogP contribution in [0.25, 0.3) is 0 Å². The number of benzene rings is 1. The number of anilines is 1. The second-order valence-corrected chi connectivity index (χ2v) is 5.49. The molecule has 0 bridgehead atoms. The van der Waals surface area contributed by atoms with E-state index >= 15 is 0 Å². The predicted molar refractivity (Wildman–Crippen MR) is 69.9 cm³/mol. The van der Waals surface area contributed by atoms with Gasteiger partial charge in [0.05, 0.1) is 5.25 Å². The molecule has 2 N–H and O–H groups in total. The van der Waals surface area contributed by atoms with Gasteiger partial charge in [0.25, 0.3) is 0 Å². The number of carbonyl (C=O) groups is 1. The number of rotatable bonds is 3. The first kappa shape index (κ1) is 13.2. The van der Waals surface area contributed by atoms with Crippen molar-refractivity contribution in [1.29, 1.82) is 0 Å². The molecule has 0 aromatic heterocycles. The molecule has 16 heavy (non-hydrogen) atoms. The van der Waals surface area contributed by atoms with Crippen molar-refractivity contribution >= 4 is 35.0 Å². The van der Waals surface area contributed by atoms with Gasteiger partial charge in [-0.2, -0.15) is 0 Å². The molecule has 0 radical (unpaired) electrons. The van der Waals surface area contributed by atoms with E-state index in [9.17, 15) is 4.79 Å². The molecule has 0 fully saturated rings. The lowest BCUT2D eigenvalue weighted by Gasteiger charge is -2.17. The summed E-state index contributed by atoms with van der Waals surface area (Å²) in [5.74, 6) is 0.0596. The van der Waals surface area contributed by atoms with Crippen molar-refractivity contribution in [2.45, 2.75) is 17.1 Å². The van der Waals surface area contributed by atoms with Gasteiger partial charge < -0.3 is 10.6 Å². The van der Waals surface area contributed by atoms with Crippen molar-refractivity contribution < 1.29 is 4.79 Å². The Hall–Kier alpha value is -0.870. The lowest BCUT2D eigenvalue weighted by Crippen LogP contribution is -2.29. The SMILES string of the molecule is CC(Sc1cc(Cl)ccc1N)C(=O)N(C)C. The second kappa shape index (κ2) is 5.46. The van der Waals surface area contributed by atoms with Gasteiger partial charge in [-0.1, -0.05) is 11.6 Å². The van der Waals surface area contributed by atoms with E-state index < -0.39 is 0 Å². The average molecular weight is 259 g/mol. The third kappa shape index (κ3) is 3.32. The summed E-state index contributed by atoms with van der Waals surface area (Å²) < 4.78 is 0. The number of nitrogens with two attached hydrogens (primary N) is 1. The molecule has 0 heterocycles. The molecule has 0 saturated carbocycles. The minimum atomic E-state index is -0.171. The zero-order valence-electron chi connectivity index (χ0n) is 9.53. The van der Waals surface area contributed by atoms with Crippen molar-refractivity contribution in [2.75, 3.05) is 19.8 Å². The third-order valence-corrected chi connectivity index (χ3v) is 3.47. The molecule has 0 spiro atoms. The molecular weight excluding hydrogens is 244 g/mol. The Labute approximate surface area is 105 Å². The molecule has 0 saturated heterocycles. The van der Waals surface area contributed by atoms with Gasteiger partial charge in [-0.3, -0.25) is 4.79 Å². The number of amides is 1. The van der Waals surface area contributed by atoms with Crippen LogP contribution in [0.1, 0.15) is 6.92 Å². The average Bonchev–Trinajstić information content (AvgIpc) is 2.22. The highest BCUT2D eigenvalue weighted by Gasteiger charge is 2.17. The number of carbonyl (C=O) groups excluding carboxylic acids is 1. The number of halogens is 1. The summed E-state index contributed by atoms with van der Waals surface area (Å²) in [6.45, 7) is 1.85. The Balaban J connectivity index is 2.80. The summed E-state index contributed by atoms with van der Waals surface area (Å²) in [6, 6.07) is 5.26. The van der Waals surface area contributed by atoms with Crippen LogP contribution in [-0.2, 0) is 4.79 Å². The Kier molecular flexibility index (Phi) is 4.50. The maximum absolute atomic E-state index is 11.7. The van der Waals surface area contributed by atoms with E-state index in [2.05, 4.69) is 0 Å². The highest BCUT2D eigenvalue weighted by Crippen LogP contribution is 2.31. The van der Waals surface area contributed by atoms with E-state index in [0.29, 0.717) is 10.7 Å². The van der Waals surface area contributed by atoms with Crippen LogP contribution < -0.4 is 5.73 Å². The topological polar surface area (TPSA) is 46.3 Å². The molecule has 88 valence electrons. The fourth-order valence-electron chi connectivity index (χ4n) is 1.21. The lowest BCUT2D eigenvalue weighted by atomic mass is 10.3. The fourth-order valence-corrected chi connectivity index (χ4v) is 2.54. The standard InChI is InChI=1S/C11H15ClN2OS/c1-7(11(15)14(2)3)16-10-6-8(12)4-5-9(10)13/h4-7H,13H2,1-3H3. The van der Waals surface area contributed by atoms with Gasteiger partial charge in [0.15, 0.2) is 0 Å². The first-order valence-electron chi connectivity index (χ1n) is 4.84. The molecule has 3 nitrogen and oxygen atoms in total. The number of thioether (sulfide) groups is 1. The quantitative estimate of drug-likeness (QED) is 0.669. The summed E-state index contributed by atoms with van der Waals surface area (Å²) in [5, 5.41) is 0.456. The Bertz CT molecular complexity index is 396. The van der Waals surface area contributed by atoms with Gasteiger partial charge in [0.1, 0.15) is 0 Å². The third-order valence-electron chi connectivity index (χ3n) is 2.07. The first-order chi connectivity index (χ1) is 7.41. The predicted octanol–water partition coefficient (Wildman–Crippen LogP) is 2.49. The molecule has 1 rings (SSSR count). The van der Waals surface area contributed by atoms with Crippen LogP contribution in [0.2, 0.25) is 5.02 Å². The van der Waals surface area contributed by atoms with Crippen LogP contribution in [-0.4, -0.2) is 30.2 Å². The minimum Gasteiger partial charge on any atom is -0.398 e. The smallest absolute Gasteiger partial charge is 0.235 e.